The van der Waals surface area contributed by atoms with E-state index in [4.69, 9.17) is 28.4 Å². The largest absolute Gasteiger partial charge is 0.493 e. The van der Waals surface area contributed by atoms with Crippen LogP contribution in [0.25, 0.3) is 0 Å². The average molecular weight is 513 g/mol. The lowest BCUT2D eigenvalue weighted by Crippen LogP contribution is -2.45. The summed E-state index contributed by atoms with van der Waals surface area (Å²) in [5.41, 5.74) is 3.40. The zero-order chi connectivity index (χ0) is 26.5. The Morgan fingerprint density at radius 2 is 1.76 bits per heavy atom. The highest BCUT2D eigenvalue weighted by atomic mass is 16.7. The molecule has 0 N–H and O–H groups in total. The Hall–Kier alpha value is -3.17. The molecule has 2 unspecified atom stereocenters. The highest BCUT2D eigenvalue weighted by Gasteiger charge is 2.54. The second kappa shape index (κ2) is 9.61. The zero-order valence-corrected chi connectivity index (χ0v) is 22.7. The van der Waals surface area contributed by atoms with Gasteiger partial charge < -0.3 is 28.4 Å². The number of benzene rings is 2. The second-order valence-electron chi connectivity index (χ2n) is 9.78. The van der Waals surface area contributed by atoms with Gasteiger partial charge in [-0.1, -0.05) is 19.9 Å². The Bertz CT molecular complexity index is 1230. The Morgan fingerprint density at radius 3 is 2.41 bits per heavy atom. The Balaban J connectivity index is 1.76. The van der Waals surface area contributed by atoms with Crippen molar-refractivity contribution in [2.75, 3.05) is 54.8 Å². The summed E-state index contributed by atoms with van der Waals surface area (Å²) >= 11 is 0. The van der Waals surface area contributed by atoms with Crippen molar-refractivity contribution in [1.29, 1.82) is 0 Å². The summed E-state index contributed by atoms with van der Waals surface area (Å²) in [5, 5.41) is 0. The number of fused-ring (bicyclic) bond motifs is 3. The maximum Gasteiger partial charge on any atom is 0.343 e. The third kappa shape index (κ3) is 3.70. The van der Waals surface area contributed by atoms with Gasteiger partial charge >= 0.3 is 5.97 Å². The molecule has 3 heterocycles. The second-order valence-corrected chi connectivity index (χ2v) is 9.78. The van der Waals surface area contributed by atoms with Gasteiger partial charge in [-0.15, -0.1) is 0 Å². The van der Waals surface area contributed by atoms with E-state index in [1.807, 2.05) is 19.1 Å². The van der Waals surface area contributed by atoms with E-state index in [0.29, 0.717) is 28.6 Å². The summed E-state index contributed by atoms with van der Waals surface area (Å²) in [5.74, 6) is 2.44. The lowest BCUT2D eigenvalue weighted by molar-refractivity contribution is -0.0510. The standard InChI is InChI=1S/C28H36N2O7/c1-8-30(9-2)14-17-16-12-13-29(4)26(20(16)24(34-7)25-22(17)35-15-36-25)28(3)18-10-11-19(32-5)23(33-6)21(18)27(31)37-28/h10-11,26H,8-9,12-15H2,1-7H3. The van der Waals surface area contributed by atoms with E-state index in [1.165, 1.54) is 12.7 Å². The van der Waals surface area contributed by atoms with Gasteiger partial charge in [0.1, 0.15) is 5.56 Å². The number of likely N-dealkylation sites (N-methyl/N-ethyl adjacent to an activating group) is 1. The molecule has 37 heavy (non-hydrogen) atoms. The van der Waals surface area contributed by atoms with Gasteiger partial charge in [0.25, 0.3) is 0 Å². The van der Waals surface area contributed by atoms with Gasteiger partial charge in [0.2, 0.25) is 12.5 Å². The van der Waals surface area contributed by atoms with Gasteiger partial charge in [-0.2, -0.15) is 0 Å². The summed E-state index contributed by atoms with van der Waals surface area (Å²) in [6.45, 7) is 9.78. The molecule has 9 heteroatoms. The molecule has 5 rings (SSSR count). The topological polar surface area (TPSA) is 78.9 Å². The van der Waals surface area contributed by atoms with Crippen LogP contribution in [0, 0.1) is 0 Å². The fourth-order valence-electron chi connectivity index (χ4n) is 6.22. The van der Waals surface area contributed by atoms with Gasteiger partial charge in [0, 0.05) is 29.8 Å². The molecule has 0 fully saturated rings. The molecular formula is C28H36N2O7. The van der Waals surface area contributed by atoms with Crippen LogP contribution in [0.1, 0.15) is 59.4 Å². The van der Waals surface area contributed by atoms with Crippen LogP contribution >= 0.6 is 0 Å². The molecule has 0 aliphatic carbocycles. The summed E-state index contributed by atoms with van der Waals surface area (Å²) < 4.78 is 35.3. The Labute approximate surface area is 218 Å². The third-order valence-electron chi connectivity index (χ3n) is 8.05. The van der Waals surface area contributed by atoms with Crippen molar-refractivity contribution in [3.63, 3.8) is 0 Å². The number of hydrogen-bond donors (Lipinski definition) is 0. The van der Waals surface area contributed by atoms with E-state index >= 15 is 0 Å². The number of nitrogens with zero attached hydrogens (tertiary/aromatic N) is 2. The van der Waals surface area contributed by atoms with Crippen molar-refractivity contribution in [2.45, 2.75) is 45.4 Å². The van der Waals surface area contributed by atoms with Gasteiger partial charge in [-0.3, -0.25) is 9.80 Å². The first kappa shape index (κ1) is 25.5. The van der Waals surface area contributed by atoms with Crippen molar-refractivity contribution in [1.82, 2.24) is 9.80 Å². The minimum absolute atomic E-state index is 0.145. The van der Waals surface area contributed by atoms with E-state index in [-0.39, 0.29) is 12.8 Å². The molecule has 0 aromatic heterocycles. The van der Waals surface area contributed by atoms with Crippen LogP contribution in [-0.4, -0.2) is 70.6 Å². The number of ether oxygens (including phenoxy) is 6. The van der Waals surface area contributed by atoms with Crippen molar-refractivity contribution < 1.29 is 33.2 Å². The fourth-order valence-corrected chi connectivity index (χ4v) is 6.22. The molecule has 2 atom stereocenters. The first-order chi connectivity index (χ1) is 17.8. The number of rotatable bonds is 8. The van der Waals surface area contributed by atoms with Gasteiger partial charge in [0.15, 0.2) is 28.6 Å². The lowest BCUT2D eigenvalue weighted by Gasteiger charge is -2.44. The monoisotopic (exact) mass is 512 g/mol. The highest BCUT2D eigenvalue weighted by Crippen LogP contribution is 2.59. The number of esters is 1. The third-order valence-corrected chi connectivity index (χ3v) is 8.05. The van der Waals surface area contributed by atoms with Crippen LogP contribution in [0.15, 0.2) is 12.1 Å². The van der Waals surface area contributed by atoms with Gasteiger partial charge in [-0.25, -0.2) is 4.79 Å². The SMILES string of the molecule is CCN(CC)Cc1c2c(c(OC)c3c1OCO3)C(C1(C)OC(=O)c3c1ccc(OC)c3OC)N(C)CC2. The van der Waals surface area contributed by atoms with Gasteiger partial charge in [0.05, 0.1) is 27.4 Å². The van der Waals surface area contributed by atoms with Crippen LogP contribution in [0.5, 0.6) is 28.7 Å². The van der Waals surface area contributed by atoms with Crippen LogP contribution in [-0.2, 0) is 23.3 Å². The van der Waals surface area contributed by atoms with Crippen LogP contribution in [0.4, 0.5) is 0 Å². The van der Waals surface area contributed by atoms with E-state index in [2.05, 4.69) is 30.7 Å². The maximum absolute atomic E-state index is 13.4. The summed E-state index contributed by atoms with van der Waals surface area (Å²) in [6, 6.07) is 3.39. The Morgan fingerprint density at radius 1 is 1.05 bits per heavy atom. The summed E-state index contributed by atoms with van der Waals surface area (Å²) in [4.78, 5) is 18.0. The summed E-state index contributed by atoms with van der Waals surface area (Å²) in [6.07, 6.45) is 0.814. The van der Waals surface area contributed by atoms with Crippen LogP contribution in [0.2, 0.25) is 0 Å². The number of hydrogen-bond acceptors (Lipinski definition) is 9. The molecule has 0 amide bonds. The first-order valence-corrected chi connectivity index (χ1v) is 12.8. The van der Waals surface area contributed by atoms with E-state index < -0.39 is 11.6 Å². The summed E-state index contributed by atoms with van der Waals surface area (Å²) in [7, 11) is 6.80. The molecule has 0 bridgehead atoms. The average Bonchev–Trinajstić information content (AvgIpc) is 3.49. The van der Waals surface area contributed by atoms with Crippen molar-refractivity contribution in [3.05, 3.63) is 39.9 Å². The molecule has 9 nitrogen and oxygen atoms in total. The van der Waals surface area contributed by atoms with Gasteiger partial charge in [-0.05, 0) is 45.1 Å². The maximum atomic E-state index is 13.4. The van der Waals surface area contributed by atoms with Crippen LogP contribution in [0.3, 0.4) is 0 Å². The molecular weight excluding hydrogens is 476 g/mol. The van der Waals surface area contributed by atoms with E-state index in [0.717, 1.165) is 55.0 Å². The minimum atomic E-state index is -1.01. The molecule has 3 aliphatic heterocycles. The quantitative estimate of drug-likeness (QED) is 0.490. The zero-order valence-electron chi connectivity index (χ0n) is 22.7. The van der Waals surface area contributed by atoms with E-state index in [1.54, 1.807) is 14.2 Å². The predicted octanol–water partition coefficient (Wildman–Crippen LogP) is 3.90. The lowest BCUT2D eigenvalue weighted by atomic mass is 9.76. The Kier molecular flexibility index (Phi) is 6.62. The molecule has 3 aliphatic rings. The van der Waals surface area contributed by atoms with E-state index in [9.17, 15) is 4.79 Å². The smallest absolute Gasteiger partial charge is 0.343 e. The number of methoxy groups -OCH3 is 3. The number of carbonyl (C=O) groups excluding carboxylic acids is 1. The van der Waals surface area contributed by atoms with Crippen molar-refractivity contribution in [3.8, 4) is 28.7 Å². The molecule has 200 valence electrons. The van der Waals surface area contributed by atoms with Crippen molar-refractivity contribution >= 4 is 5.97 Å². The van der Waals surface area contributed by atoms with Crippen molar-refractivity contribution in [2.24, 2.45) is 0 Å². The first-order valence-electron chi connectivity index (χ1n) is 12.8. The van der Waals surface area contributed by atoms with Crippen LogP contribution < -0.4 is 23.7 Å². The molecule has 2 aromatic rings. The molecule has 0 saturated carbocycles. The normalized spacial score (nSPS) is 22.1. The number of carbonyl (C=O) groups is 1. The molecule has 0 spiro atoms. The highest BCUT2D eigenvalue weighted by molar-refractivity contribution is 5.99. The predicted molar refractivity (Wildman–Crippen MR) is 137 cm³/mol. The fraction of sp³-hybridized carbons (Fsp3) is 0.536. The minimum Gasteiger partial charge on any atom is -0.493 e. The molecule has 0 radical (unpaired) electrons. The molecule has 2 aromatic carbocycles. The molecule has 0 saturated heterocycles. The number of cyclic esters (lactones) is 1.